The second kappa shape index (κ2) is 6.96. The summed E-state index contributed by atoms with van der Waals surface area (Å²) in [5.41, 5.74) is 0.910. The minimum absolute atomic E-state index is 0.205. The van der Waals surface area contributed by atoms with E-state index in [2.05, 4.69) is 12.6 Å². The van der Waals surface area contributed by atoms with Crippen LogP contribution in [0.15, 0.2) is 30.3 Å². The van der Waals surface area contributed by atoms with Crippen LogP contribution in [-0.2, 0) is 16.0 Å². The zero-order valence-electron chi connectivity index (χ0n) is 11.1. The molecule has 0 saturated carbocycles. The molecule has 0 aromatic heterocycles. The first kappa shape index (κ1) is 10.7. The highest BCUT2D eigenvalue weighted by Gasteiger charge is 2.17. The number of carbonyl (C=O) groups is 2. The molecule has 17 heavy (non-hydrogen) atoms. The zero-order chi connectivity index (χ0) is 14.5. The number of hydrogen-bond acceptors (Lipinski definition) is 3. The smallest absolute Gasteiger partial charge is 0.322 e. The van der Waals surface area contributed by atoms with Crippen molar-refractivity contribution in [3.63, 3.8) is 0 Å². The summed E-state index contributed by atoms with van der Waals surface area (Å²) in [6.45, 7) is -2.77. The van der Waals surface area contributed by atoms with E-state index < -0.39 is 24.3 Å². The predicted octanol–water partition coefficient (Wildman–Crippen LogP) is 0.976. The maximum Gasteiger partial charge on any atom is 0.322 e. The lowest BCUT2D eigenvalue weighted by Gasteiger charge is -2.13. The van der Waals surface area contributed by atoms with Crippen LogP contribution in [0.25, 0.3) is 0 Å². The van der Waals surface area contributed by atoms with Crippen molar-refractivity contribution in [2.24, 2.45) is 5.92 Å². The third kappa shape index (κ3) is 4.91. The Kier molecular flexibility index (Phi) is 4.36. The van der Waals surface area contributed by atoms with Crippen LogP contribution in [0.3, 0.4) is 0 Å². The fraction of sp³-hybridized carbons (Fsp3) is 0.333. The number of amides is 1. The van der Waals surface area contributed by atoms with Crippen molar-refractivity contribution in [2.75, 3.05) is 12.2 Å². The van der Waals surface area contributed by atoms with E-state index in [9.17, 15) is 9.59 Å². The van der Waals surface area contributed by atoms with E-state index in [0.29, 0.717) is 6.42 Å². The molecule has 4 nitrogen and oxygen atoms in total. The molecule has 0 bridgehead atoms. The van der Waals surface area contributed by atoms with Gasteiger partial charge >= 0.3 is 5.97 Å². The van der Waals surface area contributed by atoms with E-state index in [1.807, 2.05) is 35.6 Å². The average Bonchev–Trinajstić information content (AvgIpc) is 2.36. The molecule has 0 aliphatic carbocycles. The Balaban J connectivity index is 2.70. The van der Waals surface area contributed by atoms with Gasteiger partial charge in [-0.25, -0.2) is 0 Å². The Hall–Kier alpha value is -1.49. The van der Waals surface area contributed by atoms with Gasteiger partial charge in [-0.1, -0.05) is 30.3 Å². The third-order valence-electron chi connectivity index (χ3n) is 2.21. The number of nitrogens with one attached hydrogen (secondary N) is 1. The van der Waals surface area contributed by atoms with Crippen molar-refractivity contribution in [1.29, 1.82) is 0 Å². The van der Waals surface area contributed by atoms with E-state index in [1.165, 1.54) is 0 Å². The molecule has 0 aliphatic rings. The van der Waals surface area contributed by atoms with Crippen LogP contribution < -0.4 is 5.32 Å². The predicted molar refractivity (Wildman–Crippen MR) is 68.1 cm³/mol. The SMILES string of the molecule is [3H]C([3H])(NC(=O)C(CS)Cc1ccccc1)C(=O)O. The van der Waals surface area contributed by atoms with Crippen molar-refractivity contribution >= 4 is 24.5 Å². The molecule has 0 aliphatic heterocycles. The molecule has 92 valence electrons. The van der Waals surface area contributed by atoms with Gasteiger partial charge in [-0.15, -0.1) is 0 Å². The molecule has 0 fully saturated rings. The van der Waals surface area contributed by atoms with Crippen molar-refractivity contribution < 1.29 is 17.4 Å². The summed E-state index contributed by atoms with van der Waals surface area (Å²) >= 11 is 4.06. The molecule has 0 radical (unpaired) electrons. The average molecular weight is 257 g/mol. The molecule has 2 N–H and O–H groups in total. The summed E-state index contributed by atoms with van der Waals surface area (Å²) < 4.78 is 14.3. The summed E-state index contributed by atoms with van der Waals surface area (Å²) in [6, 6.07) is 9.20. The second-order valence-corrected chi connectivity index (χ2v) is 3.85. The Morgan fingerprint density at radius 2 is 2.06 bits per heavy atom. The van der Waals surface area contributed by atoms with E-state index in [1.54, 1.807) is 0 Å². The number of thiol groups is 1. The van der Waals surface area contributed by atoms with Crippen LogP contribution in [0.2, 0.25) is 0 Å². The highest BCUT2D eigenvalue weighted by molar-refractivity contribution is 7.80. The van der Waals surface area contributed by atoms with Crippen LogP contribution in [0.1, 0.15) is 8.30 Å². The minimum Gasteiger partial charge on any atom is -0.480 e. The van der Waals surface area contributed by atoms with Gasteiger partial charge in [0, 0.05) is 5.75 Å². The molecule has 0 spiro atoms. The maximum absolute atomic E-state index is 11.8. The summed E-state index contributed by atoms with van der Waals surface area (Å²) in [5.74, 6) is -2.76. The Morgan fingerprint density at radius 3 is 2.59 bits per heavy atom. The fourth-order valence-corrected chi connectivity index (χ4v) is 1.65. The van der Waals surface area contributed by atoms with E-state index >= 15 is 0 Å². The van der Waals surface area contributed by atoms with E-state index in [0.717, 1.165) is 5.56 Å². The van der Waals surface area contributed by atoms with Gasteiger partial charge in [-0.2, -0.15) is 12.6 Å². The van der Waals surface area contributed by atoms with Crippen molar-refractivity contribution in [3.05, 3.63) is 35.9 Å². The number of carboxylic acid groups (broad SMARTS) is 1. The molecule has 1 unspecified atom stereocenters. The molecule has 5 heteroatoms. The van der Waals surface area contributed by atoms with Gasteiger partial charge in [0.05, 0.1) is 8.66 Å². The van der Waals surface area contributed by atoms with Gasteiger partial charge in [0.15, 0.2) is 0 Å². The molecule has 1 aromatic carbocycles. The molecule has 1 atom stereocenters. The highest BCUT2D eigenvalue weighted by atomic mass is 32.1. The maximum atomic E-state index is 11.8. The van der Waals surface area contributed by atoms with Gasteiger partial charge < -0.3 is 10.4 Å². The molecule has 1 amide bonds. The number of carbonyl (C=O) groups excluding carboxylic acids is 1. The number of rotatable bonds is 6. The highest BCUT2D eigenvalue weighted by Crippen LogP contribution is 2.10. The normalized spacial score (nSPS) is 14.4. The summed E-state index contributed by atoms with van der Waals surface area (Å²) in [6.07, 6.45) is 0.381. The van der Waals surface area contributed by atoms with Crippen LogP contribution in [0.5, 0.6) is 0 Å². The van der Waals surface area contributed by atoms with E-state index in [-0.39, 0.29) is 5.75 Å². The lowest BCUT2D eigenvalue weighted by molar-refractivity contribution is -0.138. The van der Waals surface area contributed by atoms with Crippen LogP contribution >= 0.6 is 12.6 Å². The number of aliphatic carboxylic acids is 1. The Morgan fingerprint density at radius 1 is 1.41 bits per heavy atom. The number of hydrogen-bond donors (Lipinski definition) is 3. The standard InChI is InChI=1S/C12H15NO3S/c14-11(15)7-13-12(16)10(8-17)6-9-4-2-1-3-5-9/h1-5,10,17H,6-8H2,(H,13,16)(H,14,15)/i7T2. The zero-order valence-corrected chi connectivity index (χ0v) is 9.98. The molecular formula is C12H15NO3S. The largest absolute Gasteiger partial charge is 0.480 e. The Labute approximate surface area is 108 Å². The third-order valence-corrected chi connectivity index (χ3v) is 2.65. The van der Waals surface area contributed by atoms with Crippen molar-refractivity contribution in [3.8, 4) is 0 Å². The van der Waals surface area contributed by atoms with Crippen LogP contribution in [0.4, 0.5) is 0 Å². The molecule has 1 aromatic rings. The minimum atomic E-state index is -2.77. The summed E-state index contributed by atoms with van der Waals surface area (Å²) in [5, 5.41) is 10.5. The molecule has 1 rings (SSSR count). The molecule has 0 heterocycles. The molecular weight excluding hydrogens is 238 g/mol. The van der Waals surface area contributed by atoms with Crippen LogP contribution in [-0.4, -0.2) is 29.2 Å². The fourth-order valence-electron chi connectivity index (χ4n) is 1.36. The topological polar surface area (TPSA) is 66.4 Å². The monoisotopic (exact) mass is 257 g/mol. The lowest BCUT2D eigenvalue weighted by Crippen LogP contribution is -2.36. The number of carboxylic acids is 1. The van der Waals surface area contributed by atoms with Gasteiger partial charge in [-0.05, 0) is 12.0 Å². The van der Waals surface area contributed by atoms with Gasteiger partial charge in [0.25, 0.3) is 0 Å². The Bertz CT molecular complexity index is 454. The van der Waals surface area contributed by atoms with Crippen LogP contribution in [0, 0.1) is 5.92 Å². The summed E-state index contributed by atoms with van der Waals surface area (Å²) in [4.78, 5) is 22.5. The van der Waals surface area contributed by atoms with Gasteiger partial charge in [-0.3, -0.25) is 9.59 Å². The lowest BCUT2D eigenvalue weighted by atomic mass is 10.0. The van der Waals surface area contributed by atoms with E-state index in [4.69, 9.17) is 7.85 Å². The van der Waals surface area contributed by atoms with Gasteiger partial charge in [0.1, 0.15) is 6.50 Å². The molecule has 0 saturated heterocycles. The first-order valence-corrected chi connectivity index (χ1v) is 5.70. The van der Waals surface area contributed by atoms with Crippen molar-refractivity contribution in [2.45, 2.75) is 6.42 Å². The second-order valence-electron chi connectivity index (χ2n) is 3.49. The first-order valence-electron chi connectivity index (χ1n) is 6.07. The first-order chi connectivity index (χ1) is 8.86. The summed E-state index contributed by atoms with van der Waals surface area (Å²) in [7, 11) is 0. The van der Waals surface area contributed by atoms with Gasteiger partial charge in [0.2, 0.25) is 5.91 Å². The number of benzene rings is 1. The van der Waals surface area contributed by atoms with Crippen molar-refractivity contribution in [1.82, 2.24) is 5.32 Å². The quantitative estimate of drug-likeness (QED) is 0.665.